The molecule has 3 aromatic carbocycles. The summed E-state index contributed by atoms with van der Waals surface area (Å²) in [6.45, 7) is 17.9. The zero-order valence-corrected chi connectivity index (χ0v) is 60.7. The third kappa shape index (κ3) is 16.1. The molecule has 6 aromatic heterocycles. The van der Waals surface area contributed by atoms with Gasteiger partial charge in [0.2, 0.25) is 0 Å². The Bertz CT molecular complexity index is 4200. The van der Waals surface area contributed by atoms with Crippen LogP contribution in [0.15, 0.2) is 129 Å². The van der Waals surface area contributed by atoms with E-state index in [9.17, 15) is 25.5 Å². The van der Waals surface area contributed by atoms with Gasteiger partial charge in [0, 0.05) is 33.7 Å². The van der Waals surface area contributed by atoms with Gasteiger partial charge in [-0.05, 0) is 141 Å². The quantitative estimate of drug-likeness (QED) is 0.0382. The number of hydrogen-bond acceptors (Lipinski definition) is 25. The number of hydrogen-bond donors (Lipinski definition) is 9. The minimum absolute atomic E-state index is 0. The van der Waals surface area contributed by atoms with Crippen molar-refractivity contribution >= 4 is 104 Å². The second-order valence-electron chi connectivity index (χ2n) is 26.5. The molecule has 0 saturated carbocycles. The van der Waals surface area contributed by atoms with Gasteiger partial charge in [-0.15, -0.1) is 12.4 Å². The van der Waals surface area contributed by atoms with Gasteiger partial charge < -0.3 is 82.3 Å². The van der Waals surface area contributed by atoms with Crippen LogP contribution in [-0.4, -0.2) is 166 Å². The minimum Gasteiger partial charge on any atom is -0.391 e. The second-order valence-corrected chi connectivity index (χ2v) is 28.1. The molecule has 5 aliphatic rings. The predicted octanol–water partition coefficient (Wildman–Crippen LogP) is 10.4. The van der Waals surface area contributed by atoms with Gasteiger partial charge in [-0.2, -0.15) is 0 Å². The molecule has 5 aliphatic heterocycles. The van der Waals surface area contributed by atoms with Crippen LogP contribution in [0.5, 0.6) is 0 Å². The third-order valence-corrected chi connectivity index (χ3v) is 18.1. The zero-order chi connectivity index (χ0) is 71.9. The molecule has 100 heavy (non-hydrogen) atoms. The summed E-state index contributed by atoms with van der Waals surface area (Å²) in [4.78, 5) is 39.1. The van der Waals surface area contributed by atoms with E-state index in [0.717, 1.165) is 5.39 Å². The van der Waals surface area contributed by atoms with E-state index < -0.39 is 108 Å². The lowest BCUT2D eigenvalue weighted by Gasteiger charge is -2.32. The molecule has 15 atom stereocenters. The van der Waals surface area contributed by atoms with Crippen molar-refractivity contribution in [2.75, 3.05) is 32.3 Å². The van der Waals surface area contributed by atoms with Crippen LogP contribution in [0, 0.1) is 0 Å². The molecule has 0 amide bonds. The Balaban J connectivity index is 0.000000165. The highest BCUT2D eigenvalue weighted by Gasteiger charge is 2.67. The lowest BCUT2D eigenvalue weighted by molar-refractivity contribution is -0.223. The SMILES string of the molecule is CC(C)(C)O.CC1(C)O[C@H]2[C@H](n3ccc4c(Cl)ncnc43)O[C@H]([C@H](O)c3ccc(Cl)cc3)[C@@]2(C)O1.CON.CONc1ncnc2c1ccn2C1O[C@H]([C@H](O)c2ccc(Cl)cc2)[C@@](C)(O)[C@H]1O.CONc1ncnc2c1ccn2[C@@H]1O[C@H]([C@H](O)c2ccc(Cl)cc2)[C@@]2(C)OC(C)(C)O[C@@H]12.Cl. The Morgan fingerprint density at radius 1 is 0.510 bits per heavy atom. The lowest BCUT2D eigenvalue weighted by Crippen LogP contribution is -2.47. The molecule has 33 heteroatoms. The summed E-state index contributed by atoms with van der Waals surface area (Å²) in [5.74, 6) is 3.65. The number of halogens is 5. The molecule has 1 unspecified atom stereocenters. The van der Waals surface area contributed by atoms with E-state index in [0.29, 0.717) is 76.3 Å². The monoisotopic (exact) mass is 1490 g/mol. The first-order valence-electron chi connectivity index (χ1n) is 31.3. The molecule has 10 N–H and O–H groups in total. The van der Waals surface area contributed by atoms with Gasteiger partial charge in [0.05, 0.1) is 43.1 Å². The Kier molecular flexibility index (Phi) is 24.2. The summed E-state index contributed by atoms with van der Waals surface area (Å²) in [5.41, 5.74) is 5.00. The topological polar surface area (TPSA) is 356 Å². The average Bonchev–Trinajstić information content (AvgIpc) is 1.57. The van der Waals surface area contributed by atoms with Gasteiger partial charge in [0.25, 0.3) is 0 Å². The molecular formula is C67H83Cl5N12O16. The molecule has 11 heterocycles. The lowest BCUT2D eigenvalue weighted by atomic mass is 9.88. The number of nitrogens with zero attached hydrogens (tertiary/aromatic N) is 9. The van der Waals surface area contributed by atoms with Crippen LogP contribution in [0.1, 0.15) is 123 Å². The summed E-state index contributed by atoms with van der Waals surface area (Å²) < 4.78 is 49.3. The number of nitrogens with two attached hydrogens (primary N) is 1. The van der Waals surface area contributed by atoms with Crippen LogP contribution in [-0.2, 0) is 47.7 Å². The molecule has 0 aliphatic carbocycles. The molecule has 28 nitrogen and oxygen atoms in total. The summed E-state index contributed by atoms with van der Waals surface area (Å²) in [7, 11) is 4.39. The van der Waals surface area contributed by atoms with Crippen LogP contribution >= 0.6 is 58.8 Å². The fourth-order valence-corrected chi connectivity index (χ4v) is 13.5. The van der Waals surface area contributed by atoms with Gasteiger partial charge in [-0.3, -0.25) is 9.68 Å². The maximum Gasteiger partial charge on any atom is 0.165 e. The molecule has 5 fully saturated rings. The Labute approximate surface area is 602 Å². The van der Waals surface area contributed by atoms with Crippen molar-refractivity contribution in [2.45, 2.75) is 177 Å². The fraction of sp³-hybridized carbons (Fsp3) is 0.463. The number of benzene rings is 3. The summed E-state index contributed by atoms with van der Waals surface area (Å²) in [5, 5.41) is 67.8. The molecular weight excluding hydrogens is 1410 g/mol. The fourth-order valence-electron chi connectivity index (χ4n) is 12.9. The molecule has 9 aromatic rings. The molecule has 14 rings (SSSR count). The maximum atomic E-state index is 11.3. The number of aliphatic hydroxyl groups is 6. The van der Waals surface area contributed by atoms with E-state index in [-0.39, 0.29) is 12.4 Å². The first-order valence-corrected chi connectivity index (χ1v) is 32.8. The number of anilines is 2. The van der Waals surface area contributed by atoms with Crippen LogP contribution in [0.3, 0.4) is 0 Å². The molecule has 542 valence electrons. The second kappa shape index (κ2) is 31.1. The van der Waals surface area contributed by atoms with Crippen molar-refractivity contribution in [3.05, 3.63) is 165 Å². The van der Waals surface area contributed by atoms with Crippen molar-refractivity contribution in [2.24, 2.45) is 5.90 Å². The molecule has 0 radical (unpaired) electrons. The maximum absolute atomic E-state index is 11.3. The van der Waals surface area contributed by atoms with Crippen LogP contribution in [0.2, 0.25) is 20.2 Å². The first kappa shape index (κ1) is 78.0. The van der Waals surface area contributed by atoms with Crippen molar-refractivity contribution in [1.82, 2.24) is 43.6 Å². The van der Waals surface area contributed by atoms with Gasteiger partial charge >= 0.3 is 0 Å². The van der Waals surface area contributed by atoms with E-state index in [4.69, 9.17) is 94.3 Å². The normalized spacial score (nSPS) is 27.8. The number of aromatic nitrogens is 9. The van der Waals surface area contributed by atoms with E-state index in [1.807, 2.05) is 75.2 Å². The number of fused-ring (bicyclic) bond motifs is 5. The van der Waals surface area contributed by atoms with E-state index in [2.05, 4.69) is 51.6 Å². The zero-order valence-electron chi connectivity index (χ0n) is 56.8. The standard InChI is InChI=1S/C22H25ClN4O5.C21H21Cl2N3O4.C19H21ClN4O5.C4H10O.CH5NO.ClH/c1-21(2)31-17-20(27-10-9-14-18(26-29-4)24-11-25-19(14)27)30-16(22(17,3)32-21)15(28)12-5-7-13(23)8-6-12;1-20(2)29-16-19(26-9-8-13-17(23)24-10-25-18(13)26)28-15(21(16,3)30-20)14(27)11-4-6-12(22)7-5-11;1-19(27)14(26)18(29-15(19)13(25)10-3-5-11(20)6-4-10)24-8-7-12-16(23-28-2)21-9-22-17(12)24;1-4(2,3)5;1-3-2;/h5-11,15-17,20,28H,1-4H3,(H,24,25,26);4-10,14-16,19,27H,1-3H3;3-9,13-15,18,25-27H,1-2H3,(H,21,22,23);5H,1-3H3;2H2,1H3;1H/t15-,16-,17+,20-,22-;14-,15-,16+,19-,21-;13-,14+,15-,18?,19+;;;/m111.../s1. The third-order valence-electron chi connectivity index (χ3n) is 17.0. The summed E-state index contributed by atoms with van der Waals surface area (Å²) in [6.07, 6.45) is -0.415. The predicted molar refractivity (Wildman–Crippen MR) is 374 cm³/mol. The van der Waals surface area contributed by atoms with Gasteiger partial charge in [0.1, 0.15) is 113 Å². The van der Waals surface area contributed by atoms with Crippen LogP contribution < -0.4 is 16.9 Å². The Morgan fingerprint density at radius 3 is 1.18 bits per heavy atom. The Morgan fingerprint density at radius 2 is 0.820 bits per heavy atom. The molecule has 5 saturated heterocycles. The van der Waals surface area contributed by atoms with E-state index >= 15 is 0 Å². The highest BCUT2D eigenvalue weighted by atomic mass is 35.5. The largest absolute Gasteiger partial charge is 0.391 e. The number of rotatable bonds is 13. The first-order chi connectivity index (χ1) is 46.7. The van der Waals surface area contributed by atoms with Gasteiger partial charge in [-0.25, -0.2) is 46.8 Å². The molecule has 0 bridgehead atoms. The number of nitrogens with one attached hydrogen (secondary N) is 2. The van der Waals surface area contributed by atoms with Crippen molar-refractivity contribution in [3.8, 4) is 0 Å². The van der Waals surface area contributed by atoms with Crippen molar-refractivity contribution < 1.29 is 78.3 Å². The van der Waals surface area contributed by atoms with Crippen LogP contribution in [0.25, 0.3) is 33.1 Å². The number of ether oxygens (including phenoxy) is 7. The average molecular weight is 1490 g/mol. The smallest absolute Gasteiger partial charge is 0.165 e. The van der Waals surface area contributed by atoms with E-state index in [1.165, 1.54) is 47.2 Å². The van der Waals surface area contributed by atoms with Gasteiger partial charge in [-0.1, -0.05) is 82.8 Å². The summed E-state index contributed by atoms with van der Waals surface area (Å²) >= 11 is 24.2. The Hall–Kier alpha value is -6.11. The molecule has 0 spiro atoms. The summed E-state index contributed by atoms with van der Waals surface area (Å²) in [6, 6.07) is 26.1. The van der Waals surface area contributed by atoms with Crippen LogP contribution in [0.4, 0.5) is 11.6 Å². The highest BCUT2D eigenvalue weighted by Crippen LogP contribution is 2.56. The van der Waals surface area contributed by atoms with E-state index in [1.54, 1.807) is 110 Å². The highest BCUT2D eigenvalue weighted by molar-refractivity contribution is 6.34. The minimum atomic E-state index is -1.72. The van der Waals surface area contributed by atoms with Gasteiger partial charge in [0.15, 0.2) is 41.9 Å². The van der Waals surface area contributed by atoms with Crippen molar-refractivity contribution in [1.29, 1.82) is 0 Å². The number of aliphatic hydroxyl groups excluding tert-OH is 4. The van der Waals surface area contributed by atoms with Crippen molar-refractivity contribution in [3.63, 3.8) is 0 Å².